The fourth-order valence-corrected chi connectivity index (χ4v) is 2.28. The van der Waals surface area contributed by atoms with Crippen LogP contribution < -0.4 is 5.32 Å². The van der Waals surface area contributed by atoms with E-state index in [1.165, 1.54) is 5.56 Å². The molecule has 0 fully saturated rings. The summed E-state index contributed by atoms with van der Waals surface area (Å²) in [5, 5.41) is 12.7. The van der Waals surface area contributed by atoms with Crippen LogP contribution in [0.1, 0.15) is 31.9 Å². The molecule has 0 heterocycles. The summed E-state index contributed by atoms with van der Waals surface area (Å²) in [5.74, 6) is 0. The van der Waals surface area contributed by atoms with Crippen molar-refractivity contribution in [2.75, 3.05) is 26.7 Å². The molecule has 4 heteroatoms. The molecule has 0 saturated heterocycles. The van der Waals surface area contributed by atoms with Crippen molar-refractivity contribution in [2.24, 2.45) is 0 Å². The van der Waals surface area contributed by atoms with Gasteiger partial charge in [-0.15, -0.1) is 0 Å². The third-order valence-corrected chi connectivity index (χ3v) is 4.04. The molecule has 0 aliphatic rings. The maximum atomic E-state index is 9.16. The summed E-state index contributed by atoms with van der Waals surface area (Å²) >= 11 is 3.47. The van der Waals surface area contributed by atoms with Crippen LogP contribution >= 0.6 is 15.9 Å². The molecule has 1 aromatic rings. The van der Waals surface area contributed by atoms with E-state index in [1.54, 1.807) is 0 Å². The van der Waals surface area contributed by atoms with Crippen LogP contribution in [0.4, 0.5) is 0 Å². The Morgan fingerprint density at radius 2 is 1.95 bits per heavy atom. The first-order valence-corrected chi connectivity index (χ1v) is 7.67. The highest BCUT2D eigenvalue weighted by molar-refractivity contribution is 9.10. The van der Waals surface area contributed by atoms with Crippen LogP contribution in [0.2, 0.25) is 0 Å². The third kappa shape index (κ3) is 5.61. The van der Waals surface area contributed by atoms with Crippen molar-refractivity contribution in [3.8, 4) is 0 Å². The fourth-order valence-electron chi connectivity index (χ4n) is 2.02. The van der Waals surface area contributed by atoms with Crippen molar-refractivity contribution in [1.82, 2.24) is 10.2 Å². The number of rotatable bonds is 8. The lowest BCUT2D eigenvalue weighted by atomic mass is 10.0. The number of nitrogens with one attached hydrogen (secondary N) is 1. The van der Waals surface area contributed by atoms with Crippen molar-refractivity contribution in [3.63, 3.8) is 0 Å². The lowest BCUT2D eigenvalue weighted by Gasteiger charge is -2.26. The maximum Gasteiger partial charge on any atom is 0.0584 e. The highest BCUT2D eigenvalue weighted by Crippen LogP contribution is 2.20. The molecule has 0 bridgehead atoms. The van der Waals surface area contributed by atoms with Crippen LogP contribution in [-0.2, 0) is 0 Å². The first-order valence-electron chi connectivity index (χ1n) is 6.88. The Morgan fingerprint density at radius 3 is 2.47 bits per heavy atom. The Hall–Kier alpha value is -0.420. The van der Waals surface area contributed by atoms with Gasteiger partial charge in [-0.05, 0) is 44.6 Å². The SMILES string of the molecule is CCNC(CCN(C)C(C)CO)c1ccc(Br)cc1. The molecular formula is C15H25BrN2O. The molecule has 2 atom stereocenters. The zero-order chi connectivity index (χ0) is 14.3. The zero-order valence-corrected chi connectivity index (χ0v) is 13.7. The molecule has 1 rings (SSSR count). The van der Waals surface area contributed by atoms with Gasteiger partial charge in [0.1, 0.15) is 0 Å². The molecule has 0 aromatic heterocycles. The van der Waals surface area contributed by atoms with E-state index in [9.17, 15) is 0 Å². The Labute approximate surface area is 125 Å². The summed E-state index contributed by atoms with van der Waals surface area (Å²) in [7, 11) is 2.06. The summed E-state index contributed by atoms with van der Waals surface area (Å²) in [6, 6.07) is 9.07. The smallest absolute Gasteiger partial charge is 0.0584 e. The second-order valence-corrected chi connectivity index (χ2v) is 5.88. The number of aliphatic hydroxyl groups excluding tert-OH is 1. The van der Waals surface area contributed by atoms with E-state index < -0.39 is 0 Å². The molecule has 0 spiro atoms. The average Bonchev–Trinajstić information content (AvgIpc) is 2.43. The maximum absolute atomic E-state index is 9.16. The van der Waals surface area contributed by atoms with Gasteiger partial charge in [-0.3, -0.25) is 0 Å². The van der Waals surface area contributed by atoms with Gasteiger partial charge in [-0.2, -0.15) is 0 Å². The normalized spacial score (nSPS) is 14.6. The number of hydrogen-bond acceptors (Lipinski definition) is 3. The topological polar surface area (TPSA) is 35.5 Å². The predicted octanol–water partition coefficient (Wildman–Crippen LogP) is 2.80. The first-order chi connectivity index (χ1) is 9.08. The predicted molar refractivity (Wildman–Crippen MR) is 84.4 cm³/mol. The zero-order valence-electron chi connectivity index (χ0n) is 12.1. The minimum absolute atomic E-state index is 0.209. The molecule has 0 amide bonds. The Balaban J connectivity index is 2.60. The standard InChI is InChI=1S/C15H25BrN2O/c1-4-17-15(9-10-18(3)12(2)11-19)13-5-7-14(16)8-6-13/h5-8,12,15,17,19H,4,9-11H2,1-3H3. The van der Waals surface area contributed by atoms with Crippen molar-refractivity contribution in [1.29, 1.82) is 0 Å². The molecule has 0 aliphatic heterocycles. The number of halogens is 1. The number of aliphatic hydroxyl groups is 1. The lowest BCUT2D eigenvalue weighted by molar-refractivity contribution is 0.154. The van der Waals surface area contributed by atoms with E-state index >= 15 is 0 Å². The molecular weight excluding hydrogens is 304 g/mol. The van der Waals surface area contributed by atoms with Gasteiger partial charge in [0, 0.05) is 23.1 Å². The van der Waals surface area contributed by atoms with E-state index in [0.717, 1.165) is 24.0 Å². The summed E-state index contributed by atoms with van der Waals surface area (Å²) in [6.45, 7) is 6.31. The lowest BCUT2D eigenvalue weighted by Crippen LogP contribution is -2.35. The van der Waals surface area contributed by atoms with E-state index in [4.69, 9.17) is 5.11 Å². The number of nitrogens with zero attached hydrogens (tertiary/aromatic N) is 1. The van der Waals surface area contributed by atoms with E-state index in [-0.39, 0.29) is 12.6 Å². The summed E-state index contributed by atoms with van der Waals surface area (Å²) in [6.07, 6.45) is 1.04. The minimum atomic E-state index is 0.209. The number of likely N-dealkylation sites (N-methyl/N-ethyl adjacent to an activating group) is 1. The van der Waals surface area contributed by atoms with Crippen LogP contribution in [0.5, 0.6) is 0 Å². The van der Waals surface area contributed by atoms with Gasteiger partial charge in [-0.25, -0.2) is 0 Å². The number of hydrogen-bond donors (Lipinski definition) is 2. The molecule has 3 nitrogen and oxygen atoms in total. The summed E-state index contributed by atoms with van der Waals surface area (Å²) < 4.78 is 1.11. The highest BCUT2D eigenvalue weighted by Gasteiger charge is 2.13. The van der Waals surface area contributed by atoms with Crippen LogP contribution in [0.25, 0.3) is 0 Å². The highest BCUT2D eigenvalue weighted by atomic mass is 79.9. The van der Waals surface area contributed by atoms with Gasteiger partial charge < -0.3 is 15.3 Å². The molecule has 2 unspecified atom stereocenters. The van der Waals surface area contributed by atoms with Gasteiger partial charge in [0.05, 0.1) is 6.61 Å². The Morgan fingerprint density at radius 1 is 1.32 bits per heavy atom. The minimum Gasteiger partial charge on any atom is -0.395 e. The molecule has 0 aliphatic carbocycles. The summed E-state index contributed by atoms with van der Waals surface area (Å²) in [4.78, 5) is 2.20. The van der Waals surface area contributed by atoms with Crippen molar-refractivity contribution in [2.45, 2.75) is 32.4 Å². The molecule has 19 heavy (non-hydrogen) atoms. The van der Waals surface area contributed by atoms with Gasteiger partial charge in [0.25, 0.3) is 0 Å². The molecule has 1 aromatic carbocycles. The van der Waals surface area contributed by atoms with Crippen LogP contribution in [0.3, 0.4) is 0 Å². The van der Waals surface area contributed by atoms with E-state index in [2.05, 4.69) is 64.4 Å². The fraction of sp³-hybridized carbons (Fsp3) is 0.600. The molecule has 0 radical (unpaired) electrons. The second kappa shape index (κ2) is 8.69. The van der Waals surface area contributed by atoms with Crippen molar-refractivity contribution in [3.05, 3.63) is 34.3 Å². The van der Waals surface area contributed by atoms with Gasteiger partial charge in [-0.1, -0.05) is 35.0 Å². The second-order valence-electron chi connectivity index (χ2n) is 4.96. The van der Waals surface area contributed by atoms with E-state index in [0.29, 0.717) is 6.04 Å². The van der Waals surface area contributed by atoms with E-state index in [1.807, 2.05) is 6.92 Å². The Bertz CT molecular complexity index is 356. The van der Waals surface area contributed by atoms with Gasteiger partial charge in [0.2, 0.25) is 0 Å². The third-order valence-electron chi connectivity index (χ3n) is 3.51. The van der Waals surface area contributed by atoms with Crippen LogP contribution in [0.15, 0.2) is 28.7 Å². The first kappa shape index (κ1) is 16.6. The summed E-state index contributed by atoms with van der Waals surface area (Å²) in [5.41, 5.74) is 1.31. The molecule has 2 N–H and O–H groups in total. The average molecular weight is 329 g/mol. The van der Waals surface area contributed by atoms with Crippen molar-refractivity contribution >= 4 is 15.9 Å². The van der Waals surface area contributed by atoms with Gasteiger partial charge >= 0.3 is 0 Å². The van der Waals surface area contributed by atoms with Crippen LogP contribution in [0, 0.1) is 0 Å². The number of benzene rings is 1. The molecule has 108 valence electrons. The molecule has 0 saturated carbocycles. The van der Waals surface area contributed by atoms with Crippen molar-refractivity contribution < 1.29 is 5.11 Å². The monoisotopic (exact) mass is 328 g/mol. The quantitative estimate of drug-likeness (QED) is 0.770. The Kier molecular flexibility index (Phi) is 7.61. The van der Waals surface area contributed by atoms with Gasteiger partial charge in [0.15, 0.2) is 0 Å². The largest absolute Gasteiger partial charge is 0.395 e. The van der Waals surface area contributed by atoms with Crippen LogP contribution in [-0.4, -0.2) is 42.8 Å².